The summed E-state index contributed by atoms with van der Waals surface area (Å²) in [5.41, 5.74) is 5.82. The molecule has 0 radical (unpaired) electrons. The summed E-state index contributed by atoms with van der Waals surface area (Å²) in [5, 5.41) is 8.67. The maximum atomic E-state index is 12.2. The Hall–Kier alpha value is -0.530. The number of rotatable bonds is 6. The van der Waals surface area contributed by atoms with Crippen molar-refractivity contribution in [1.29, 1.82) is 0 Å². The normalized spacial score (nSPS) is 13.5. The van der Waals surface area contributed by atoms with Gasteiger partial charge in [-0.1, -0.05) is 23.2 Å². The Morgan fingerprint density at radius 2 is 1.89 bits per heavy atom. The molecule has 0 aliphatic carbocycles. The second-order valence-corrected chi connectivity index (χ2v) is 6.67. The van der Waals surface area contributed by atoms with Crippen LogP contribution in [0.4, 0.5) is 5.69 Å². The van der Waals surface area contributed by atoms with E-state index in [9.17, 15) is 8.42 Å². The molecule has 0 amide bonds. The van der Waals surface area contributed by atoms with Gasteiger partial charge in [0.25, 0.3) is 0 Å². The molecule has 8 heteroatoms. The molecule has 0 aromatic heterocycles. The minimum atomic E-state index is -3.82. The van der Waals surface area contributed by atoms with E-state index in [1.165, 1.54) is 12.1 Å². The van der Waals surface area contributed by atoms with Gasteiger partial charge in [0.2, 0.25) is 10.0 Å². The number of aliphatic hydroxyl groups excluding tert-OH is 1. The van der Waals surface area contributed by atoms with Gasteiger partial charge >= 0.3 is 0 Å². The quantitative estimate of drug-likeness (QED) is 0.697. The average Bonchev–Trinajstić information content (AvgIpc) is 2.23. The van der Waals surface area contributed by atoms with Gasteiger partial charge in [0.1, 0.15) is 4.90 Å². The highest BCUT2D eigenvalue weighted by Crippen LogP contribution is 2.31. The first kappa shape index (κ1) is 16.5. The molecular formula is C11H16Cl2N2O3S. The SMILES string of the molecule is CC(CCCO)NS(=O)(=O)c1c(Cl)cc(N)cc1Cl. The predicted octanol–water partition coefficient (Wildman–Crippen LogP) is 2.01. The third-order valence-corrected chi connectivity index (χ3v) is 4.95. The largest absolute Gasteiger partial charge is 0.399 e. The van der Waals surface area contributed by atoms with Crippen LogP contribution in [0.15, 0.2) is 17.0 Å². The van der Waals surface area contributed by atoms with Gasteiger partial charge in [0.05, 0.1) is 10.0 Å². The summed E-state index contributed by atoms with van der Waals surface area (Å²) >= 11 is 11.8. The second-order valence-electron chi connectivity index (χ2n) is 4.20. The monoisotopic (exact) mass is 326 g/mol. The van der Waals surface area contributed by atoms with Crippen LogP contribution in [-0.4, -0.2) is 26.2 Å². The lowest BCUT2D eigenvalue weighted by atomic mass is 10.2. The zero-order valence-corrected chi connectivity index (χ0v) is 12.7. The Labute approximate surface area is 122 Å². The summed E-state index contributed by atoms with van der Waals surface area (Å²) in [5.74, 6) is 0. The minimum absolute atomic E-state index is 0.00938. The van der Waals surface area contributed by atoms with Crippen LogP contribution >= 0.6 is 23.2 Å². The lowest BCUT2D eigenvalue weighted by Gasteiger charge is -2.15. The highest BCUT2D eigenvalue weighted by molar-refractivity contribution is 7.89. The molecule has 0 aliphatic heterocycles. The van der Waals surface area contributed by atoms with Gasteiger partial charge in [0.15, 0.2) is 0 Å². The van der Waals surface area contributed by atoms with E-state index in [4.69, 9.17) is 34.0 Å². The number of aliphatic hydroxyl groups is 1. The molecule has 4 N–H and O–H groups in total. The molecular weight excluding hydrogens is 311 g/mol. The van der Waals surface area contributed by atoms with E-state index in [-0.39, 0.29) is 27.6 Å². The Morgan fingerprint density at radius 3 is 2.37 bits per heavy atom. The van der Waals surface area contributed by atoms with Crippen LogP contribution in [0.2, 0.25) is 10.0 Å². The Bertz CT molecular complexity index is 526. The zero-order valence-electron chi connectivity index (χ0n) is 10.4. The van der Waals surface area contributed by atoms with Crippen LogP contribution in [0.25, 0.3) is 0 Å². The maximum Gasteiger partial charge on any atom is 0.243 e. The minimum Gasteiger partial charge on any atom is -0.399 e. The fraction of sp³-hybridized carbons (Fsp3) is 0.455. The highest BCUT2D eigenvalue weighted by atomic mass is 35.5. The first-order valence-electron chi connectivity index (χ1n) is 5.65. The number of hydrogen-bond acceptors (Lipinski definition) is 4. The lowest BCUT2D eigenvalue weighted by Crippen LogP contribution is -2.33. The van der Waals surface area contributed by atoms with Crippen molar-refractivity contribution in [2.24, 2.45) is 0 Å². The molecule has 5 nitrogen and oxygen atoms in total. The van der Waals surface area contributed by atoms with Crippen molar-refractivity contribution in [2.75, 3.05) is 12.3 Å². The average molecular weight is 327 g/mol. The maximum absolute atomic E-state index is 12.2. The first-order valence-corrected chi connectivity index (χ1v) is 7.89. The molecule has 0 fully saturated rings. The van der Waals surface area contributed by atoms with Gasteiger partial charge in [0, 0.05) is 18.3 Å². The number of benzene rings is 1. The molecule has 0 aliphatic rings. The number of nitrogens with one attached hydrogen (secondary N) is 1. The van der Waals surface area contributed by atoms with Gasteiger partial charge in [-0.15, -0.1) is 0 Å². The summed E-state index contributed by atoms with van der Waals surface area (Å²) in [6.07, 6.45) is 1.02. The van der Waals surface area contributed by atoms with Gasteiger partial charge in [-0.25, -0.2) is 13.1 Å². The summed E-state index contributed by atoms with van der Waals surface area (Å²) in [6.45, 7) is 1.71. The number of sulfonamides is 1. The zero-order chi connectivity index (χ0) is 14.6. The molecule has 1 rings (SSSR count). The third-order valence-electron chi connectivity index (χ3n) is 2.44. The van der Waals surface area contributed by atoms with Crippen molar-refractivity contribution in [3.63, 3.8) is 0 Å². The Kier molecular flexibility index (Phi) is 5.88. The van der Waals surface area contributed by atoms with E-state index >= 15 is 0 Å². The van der Waals surface area contributed by atoms with Crippen LogP contribution in [0.3, 0.4) is 0 Å². The molecule has 1 unspecified atom stereocenters. The van der Waals surface area contributed by atoms with Crippen LogP contribution in [-0.2, 0) is 10.0 Å². The summed E-state index contributed by atoms with van der Waals surface area (Å²) in [6, 6.07) is 2.34. The van der Waals surface area contributed by atoms with Crippen molar-refractivity contribution >= 4 is 38.9 Å². The van der Waals surface area contributed by atoms with Crippen LogP contribution in [0, 0.1) is 0 Å². The second kappa shape index (κ2) is 6.76. The number of anilines is 1. The molecule has 0 heterocycles. The molecule has 0 saturated heterocycles. The molecule has 108 valence electrons. The van der Waals surface area contributed by atoms with Crippen molar-refractivity contribution in [3.8, 4) is 0 Å². The number of halogens is 2. The first-order chi connectivity index (χ1) is 8.77. The van der Waals surface area contributed by atoms with E-state index in [2.05, 4.69) is 4.72 Å². The van der Waals surface area contributed by atoms with E-state index < -0.39 is 10.0 Å². The van der Waals surface area contributed by atoms with E-state index in [1.54, 1.807) is 6.92 Å². The molecule has 1 atom stereocenters. The van der Waals surface area contributed by atoms with Gasteiger partial charge in [-0.05, 0) is 31.9 Å². The van der Waals surface area contributed by atoms with Gasteiger partial charge < -0.3 is 10.8 Å². The fourth-order valence-corrected chi connectivity index (χ4v) is 4.13. The van der Waals surface area contributed by atoms with Crippen molar-refractivity contribution in [2.45, 2.75) is 30.7 Å². The van der Waals surface area contributed by atoms with Crippen molar-refractivity contribution < 1.29 is 13.5 Å². The van der Waals surface area contributed by atoms with E-state index in [0.717, 1.165) is 0 Å². The van der Waals surface area contributed by atoms with Crippen LogP contribution < -0.4 is 10.5 Å². The Morgan fingerprint density at radius 1 is 1.37 bits per heavy atom. The standard InChI is InChI=1S/C11H16Cl2N2O3S/c1-7(3-2-4-16)15-19(17,18)11-9(12)5-8(14)6-10(11)13/h5-7,15-16H,2-4,14H2,1H3. The van der Waals surface area contributed by atoms with E-state index in [0.29, 0.717) is 18.5 Å². The molecule has 0 bridgehead atoms. The molecule has 1 aromatic carbocycles. The molecule has 0 saturated carbocycles. The highest BCUT2D eigenvalue weighted by Gasteiger charge is 2.23. The molecule has 1 aromatic rings. The van der Waals surface area contributed by atoms with Gasteiger partial charge in [-0.2, -0.15) is 0 Å². The summed E-state index contributed by atoms with van der Waals surface area (Å²) in [4.78, 5) is -0.180. The molecule has 19 heavy (non-hydrogen) atoms. The van der Waals surface area contributed by atoms with Crippen molar-refractivity contribution in [1.82, 2.24) is 4.72 Å². The number of hydrogen-bond donors (Lipinski definition) is 3. The topological polar surface area (TPSA) is 92.4 Å². The third kappa shape index (κ3) is 4.50. The number of nitrogens with two attached hydrogens (primary N) is 1. The van der Waals surface area contributed by atoms with Crippen molar-refractivity contribution in [3.05, 3.63) is 22.2 Å². The van der Waals surface area contributed by atoms with Crippen LogP contribution in [0.1, 0.15) is 19.8 Å². The molecule has 0 spiro atoms. The predicted molar refractivity (Wildman–Crippen MR) is 77.0 cm³/mol. The van der Waals surface area contributed by atoms with E-state index in [1.807, 2.05) is 0 Å². The van der Waals surface area contributed by atoms with Gasteiger partial charge in [-0.3, -0.25) is 0 Å². The fourth-order valence-electron chi connectivity index (χ4n) is 1.62. The van der Waals surface area contributed by atoms with Crippen LogP contribution in [0.5, 0.6) is 0 Å². The summed E-state index contributed by atoms with van der Waals surface area (Å²) < 4.78 is 26.8. The summed E-state index contributed by atoms with van der Waals surface area (Å²) in [7, 11) is -3.82. The number of nitrogen functional groups attached to an aromatic ring is 1. The smallest absolute Gasteiger partial charge is 0.243 e. The lowest BCUT2D eigenvalue weighted by molar-refractivity contribution is 0.279. The Balaban J connectivity index is 3.01.